The van der Waals surface area contributed by atoms with Gasteiger partial charge in [-0.25, -0.2) is 0 Å². The summed E-state index contributed by atoms with van der Waals surface area (Å²) in [5.41, 5.74) is 10.4. The fourth-order valence-electron chi connectivity index (χ4n) is 5.64. The molecule has 2 aliphatic heterocycles. The van der Waals surface area contributed by atoms with Gasteiger partial charge in [-0.1, -0.05) is 60.7 Å². The number of nitrogen functional groups attached to an aromatic ring is 1. The number of nitro benzene ring substituents is 1. The number of nitriles is 2. The summed E-state index contributed by atoms with van der Waals surface area (Å²) >= 11 is 0. The van der Waals surface area contributed by atoms with E-state index >= 15 is 0 Å². The van der Waals surface area contributed by atoms with Crippen molar-refractivity contribution in [3.05, 3.63) is 140 Å². The van der Waals surface area contributed by atoms with E-state index in [0.29, 0.717) is 23.2 Å². The maximum atomic E-state index is 12.5. The van der Waals surface area contributed by atoms with Gasteiger partial charge in [-0.2, -0.15) is 10.5 Å². The molecular formula is C34H28N6O6. The molecule has 4 aromatic carbocycles. The van der Waals surface area contributed by atoms with Gasteiger partial charge in [0, 0.05) is 36.0 Å². The average Bonchev–Trinajstić information content (AvgIpc) is 3.43. The molecule has 46 heavy (non-hydrogen) atoms. The summed E-state index contributed by atoms with van der Waals surface area (Å²) in [7, 11) is 0. The molecule has 0 bridgehead atoms. The molecule has 2 aliphatic rings. The Morgan fingerprint density at radius 3 is 1.63 bits per heavy atom. The lowest BCUT2D eigenvalue weighted by Gasteiger charge is -2.21. The van der Waals surface area contributed by atoms with Crippen molar-refractivity contribution in [2.24, 2.45) is 0 Å². The molecule has 0 fully saturated rings. The minimum Gasteiger partial charge on any atom is -0.398 e. The molecular weight excluding hydrogens is 588 g/mol. The number of rotatable bonds is 7. The third kappa shape index (κ3) is 6.12. The van der Waals surface area contributed by atoms with E-state index in [1.165, 1.54) is 28.0 Å². The van der Waals surface area contributed by atoms with Crippen molar-refractivity contribution < 1.29 is 24.7 Å². The summed E-state index contributed by atoms with van der Waals surface area (Å²) in [6, 6.07) is 27.9. The van der Waals surface area contributed by atoms with Crippen molar-refractivity contribution in [2.75, 3.05) is 5.73 Å². The number of amides is 2. The fourth-order valence-corrected chi connectivity index (χ4v) is 5.64. The van der Waals surface area contributed by atoms with Gasteiger partial charge in [0.1, 0.15) is 0 Å². The number of aliphatic hydroxyl groups is 2. The highest BCUT2D eigenvalue weighted by Gasteiger charge is 2.40. The van der Waals surface area contributed by atoms with Crippen LogP contribution in [0.15, 0.2) is 84.9 Å². The summed E-state index contributed by atoms with van der Waals surface area (Å²) in [5.74, 6) is -0.688. The number of fused-ring (bicyclic) bond motifs is 2. The van der Waals surface area contributed by atoms with E-state index in [2.05, 4.69) is 12.1 Å². The first-order chi connectivity index (χ1) is 22.1. The van der Waals surface area contributed by atoms with Crippen molar-refractivity contribution in [3.8, 4) is 12.1 Å². The maximum absolute atomic E-state index is 12.5. The standard InChI is InChI=1S/C17H13N3O4.C17H15N3O2/c18-8-7-11-3-1-4-12(9-11)10-19-16(21)13-5-2-6-14(20(23)24)15(13)17(19)22;18-8-7-11-3-1-4-12(9-11)10-20-16(21)13-5-2-6-14(19)15(13)17(20)22/h1-6,9,17,22H,7,10H2;1-6,9,17,22H,7,10,19H2. The zero-order chi connectivity index (χ0) is 33.0. The van der Waals surface area contributed by atoms with Gasteiger partial charge >= 0.3 is 0 Å². The van der Waals surface area contributed by atoms with Crippen molar-refractivity contribution in [1.29, 1.82) is 10.5 Å². The SMILES string of the molecule is N#CCc1cccc(CN2C(=O)c3cccc(N)c3C2O)c1.N#CCc1cccc(CN2C(=O)c3cccc([N+](=O)[O-])c3C2O)c1. The lowest BCUT2D eigenvalue weighted by molar-refractivity contribution is -0.386. The molecule has 2 amide bonds. The Morgan fingerprint density at radius 2 is 1.15 bits per heavy atom. The first-order valence-electron chi connectivity index (χ1n) is 14.2. The van der Waals surface area contributed by atoms with Gasteiger partial charge in [-0.3, -0.25) is 19.7 Å². The largest absolute Gasteiger partial charge is 0.398 e. The van der Waals surface area contributed by atoms with Crippen LogP contribution in [0.5, 0.6) is 0 Å². The highest BCUT2D eigenvalue weighted by atomic mass is 16.6. The molecule has 2 heterocycles. The predicted octanol–water partition coefficient (Wildman–Crippen LogP) is 4.29. The molecule has 12 nitrogen and oxygen atoms in total. The third-order valence-electron chi connectivity index (χ3n) is 7.76. The van der Waals surface area contributed by atoms with E-state index in [9.17, 15) is 29.9 Å². The van der Waals surface area contributed by atoms with E-state index in [0.717, 1.165) is 22.3 Å². The smallest absolute Gasteiger partial charge is 0.277 e. The van der Waals surface area contributed by atoms with Crippen molar-refractivity contribution in [3.63, 3.8) is 0 Å². The van der Waals surface area contributed by atoms with Gasteiger partial charge in [0.25, 0.3) is 17.5 Å². The number of hydrogen-bond acceptors (Lipinski definition) is 9. The number of nitrogens with zero attached hydrogens (tertiary/aromatic N) is 5. The fraction of sp³-hybridized carbons (Fsp3) is 0.176. The minimum atomic E-state index is -1.37. The molecule has 12 heteroatoms. The van der Waals surface area contributed by atoms with Gasteiger partial charge in [0.2, 0.25) is 0 Å². The number of nitro groups is 1. The second-order valence-corrected chi connectivity index (χ2v) is 10.7. The zero-order valence-corrected chi connectivity index (χ0v) is 24.4. The Balaban J connectivity index is 0.000000182. The van der Waals surface area contributed by atoms with Crippen LogP contribution >= 0.6 is 0 Å². The molecule has 0 aliphatic carbocycles. The number of nitrogens with two attached hydrogens (primary N) is 1. The van der Waals surface area contributed by atoms with Gasteiger partial charge in [0.15, 0.2) is 12.5 Å². The van der Waals surface area contributed by atoms with Crippen LogP contribution in [0.25, 0.3) is 0 Å². The molecule has 2 unspecified atom stereocenters. The van der Waals surface area contributed by atoms with Crippen molar-refractivity contribution >= 4 is 23.2 Å². The number of benzene rings is 4. The second kappa shape index (κ2) is 13.3. The first-order valence-corrected chi connectivity index (χ1v) is 14.2. The molecule has 6 rings (SSSR count). The summed E-state index contributed by atoms with van der Waals surface area (Å²) in [6.07, 6.45) is -1.84. The number of carbonyl (C=O) groups excluding carboxylic acids is 2. The third-order valence-corrected chi connectivity index (χ3v) is 7.76. The Hall–Kier alpha value is -6.08. The molecule has 0 saturated carbocycles. The van der Waals surface area contributed by atoms with Crippen molar-refractivity contribution in [1.82, 2.24) is 9.80 Å². The van der Waals surface area contributed by atoms with Crippen LogP contribution in [0.2, 0.25) is 0 Å². The molecule has 0 saturated heterocycles. The Morgan fingerprint density at radius 1 is 0.717 bits per heavy atom. The zero-order valence-electron chi connectivity index (χ0n) is 24.4. The highest BCUT2D eigenvalue weighted by Crippen LogP contribution is 2.39. The van der Waals surface area contributed by atoms with Crippen LogP contribution in [-0.2, 0) is 25.9 Å². The maximum Gasteiger partial charge on any atom is 0.277 e. The predicted molar refractivity (Wildman–Crippen MR) is 165 cm³/mol. The summed E-state index contributed by atoms with van der Waals surface area (Å²) in [5, 5.41) is 49.5. The monoisotopic (exact) mass is 616 g/mol. The Bertz CT molecular complexity index is 1930. The summed E-state index contributed by atoms with van der Waals surface area (Å²) in [4.78, 5) is 38.0. The minimum absolute atomic E-state index is 0.0284. The Labute approximate surface area is 263 Å². The lowest BCUT2D eigenvalue weighted by atomic mass is 10.1. The molecule has 0 radical (unpaired) electrons. The first kappa shape index (κ1) is 31.3. The van der Waals surface area contributed by atoms with E-state index < -0.39 is 23.3 Å². The van der Waals surface area contributed by atoms with E-state index in [4.69, 9.17) is 16.3 Å². The average molecular weight is 617 g/mol. The van der Waals surface area contributed by atoms with E-state index in [1.54, 1.807) is 42.5 Å². The topological polar surface area (TPSA) is 198 Å². The van der Waals surface area contributed by atoms with E-state index in [1.807, 2.05) is 24.3 Å². The van der Waals surface area contributed by atoms with Gasteiger partial charge in [0.05, 0.1) is 41.0 Å². The molecule has 4 aromatic rings. The molecule has 0 spiro atoms. The van der Waals surface area contributed by atoms with Crippen LogP contribution < -0.4 is 5.73 Å². The van der Waals surface area contributed by atoms with Crippen LogP contribution in [-0.4, -0.2) is 36.8 Å². The lowest BCUT2D eigenvalue weighted by Crippen LogP contribution is -2.27. The molecule has 0 aromatic heterocycles. The Kier molecular flexibility index (Phi) is 9.05. The van der Waals surface area contributed by atoms with Crippen LogP contribution in [0.3, 0.4) is 0 Å². The highest BCUT2D eigenvalue weighted by molar-refractivity contribution is 6.01. The number of hydrogen-bond donors (Lipinski definition) is 3. The second-order valence-electron chi connectivity index (χ2n) is 10.7. The quantitative estimate of drug-likeness (QED) is 0.154. The van der Waals surface area contributed by atoms with E-state index in [-0.39, 0.29) is 42.2 Å². The summed E-state index contributed by atoms with van der Waals surface area (Å²) < 4.78 is 0. The van der Waals surface area contributed by atoms with Crippen LogP contribution in [0.4, 0.5) is 11.4 Å². The number of aliphatic hydroxyl groups excluding tert-OH is 2. The number of carbonyl (C=O) groups is 2. The number of anilines is 1. The normalized spacial score (nSPS) is 16.2. The van der Waals surface area contributed by atoms with Gasteiger partial charge < -0.3 is 25.7 Å². The van der Waals surface area contributed by atoms with Crippen LogP contribution in [0.1, 0.15) is 66.6 Å². The van der Waals surface area contributed by atoms with Gasteiger partial charge in [-0.05, 0) is 40.5 Å². The molecule has 4 N–H and O–H groups in total. The van der Waals surface area contributed by atoms with Crippen LogP contribution in [0, 0.1) is 32.8 Å². The molecule has 230 valence electrons. The molecule has 2 atom stereocenters. The van der Waals surface area contributed by atoms with Gasteiger partial charge in [-0.15, -0.1) is 0 Å². The van der Waals surface area contributed by atoms with Crippen molar-refractivity contribution in [2.45, 2.75) is 38.4 Å². The summed E-state index contributed by atoms with van der Waals surface area (Å²) in [6.45, 7) is 0.374.